The van der Waals surface area contributed by atoms with Crippen LogP contribution in [0.15, 0.2) is 24.5 Å². The number of unbranched alkanes of at least 4 members (excludes halogenated alkanes) is 3. The summed E-state index contributed by atoms with van der Waals surface area (Å²) in [4.78, 5) is 4.16. The smallest absolute Gasteiger partial charge is 0.0270 e. The highest BCUT2D eigenvalue weighted by molar-refractivity contribution is 5.19. The summed E-state index contributed by atoms with van der Waals surface area (Å²) in [6, 6.07) is 4.32. The van der Waals surface area contributed by atoms with Crippen LogP contribution in [0.4, 0.5) is 0 Å². The lowest BCUT2D eigenvalue weighted by Gasteiger charge is -2.57. The molecule has 1 radical (unpaired) electrons. The Morgan fingerprint density at radius 3 is 2.26 bits per heavy atom. The molecule has 4 bridgehead atoms. The van der Waals surface area contributed by atoms with Crippen LogP contribution < -0.4 is 0 Å². The predicted octanol–water partition coefficient (Wildman–Crippen LogP) is 7.61. The Balaban J connectivity index is 1.31. The molecule has 149 valence electrons. The van der Waals surface area contributed by atoms with Gasteiger partial charge in [0.2, 0.25) is 0 Å². The van der Waals surface area contributed by atoms with Gasteiger partial charge in [-0.3, -0.25) is 4.98 Å². The average Bonchev–Trinajstić information content (AvgIpc) is 2.66. The number of hydrogen-bond donors (Lipinski definition) is 0. The lowest BCUT2D eigenvalue weighted by atomic mass is 9.48. The van der Waals surface area contributed by atoms with Gasteiger partial charge in [0.15, 0.2) is 0 Å². The Morgan fingerprint density at radius 2 is 1.63 bits per heavy atom. The van der Waals surface area contributed by atoms with Gasteiger partial charge >= 0.3 is 0 Å². The van der Waals surface area contributed by atoms with Crippen LogP contribution in [0.2, 0.25) is 0 Å². The number of aromatic nitrogens is 1. The van der Waals surface area contributed by atoms with E-state index in [0.717, 1.165) is 29.1 Å². The fraction of sp³-hybridized carbons (Fsp3) is 0.769. The first-order chi connectivity index (χ1) is 13.2. The second-order valence-corrected chi connectivity index (χ2v) is 10.4. The summed E-state index contributed by atoms with van der Waals surface area (Å²) in [7, 11) is 0. The van der Waals surface area contributed by atoms with Gasteiger partial charge in [-0.1, -0.05) is 39.0 Å². The van der Waals surface area contributed by atoms with Crippen molar-refractivity contribution in [2.45, 2.75) is 96.8 Å². The highest BCUT2D eigenvalue weighted by atomic mass is 14.6. The lowest BCUT2D eigenvalue weighted by molar-refractivity contribution is -0.0601. The number of nitrogens with zero attached hydrogens (tertiary/aromatic N) is 1. The first kappa shape index (κ1) is 19.5. The van der Waals surface area contributed by atoms with Gasteiger partial charge in [-0.25, -0.2) is 0 Å². The van der Waals surface area contributed by atoms with E-state index in [-0.39, 0.29) is 0 Å². The van der Waals surface area contributed by atoms with Gasteiger partial charge < -0.3 is 0 Å². The molecule has 4 saturated carbocycles. The molecular weight excluding hydrogens is 326 g/mol. The van der Waals surface area contributed by atoms with Gasteiger partial charge in [-0.2, -0.15) is 0 Å². The molecule has 0 N–H and O–H groups in total. The van der Waals surface area contributed by atoms with Crippen LogP contribution in [-0.2, 0) is 0 Å². The number of rotatable bonds is 11. The fourth-order valence-corrected chi connectivity index (χ4v) is 7.15. The van der Waals surface area contributed by atoms with Crippen molar-refractivity contribution in [3.05, 3.63) is 36.5 Å². The van der Waals surface area contributed by atoms with E-state index in [4.69, 9.17) is 0 Å². The molecule has 0 aromatic carbocycles. The monoisotopic (exact) mass is 366 g/mol. The first-order valence-electron chi connectivity index (χ1n) is 12.0. The fourth-order valence-electron chi connectivity index (χ4n) is 7.15. The quantitative estimate of drug-likeness (QED) is 0.367. The third kappa shape index (κ3) is 5.15. The molecule has 1 nitrogen and oxygen atoms in total. The molecule has 0 saturated heterocycles. The summed E-state index contributed by atoms with van der Waals surface area (Å²) in [5.74, 6) is 4.19. The topological polar surface area (TPSA) is 12.9 Å². The third-order valence-electron chi connectivity index (χ3n) is 8.11. The van der Waals surface area contributed by atoms with Crippen molar-refractivity contribution in [1.82, 2.24) is 4.98 Å². The van der Waals surface area contributed by atoms with Crippen molar-refractivity contribution in [2.24, 2.45) is 29.1 Å². The minimum Gasteiger partial charge on any atom is -0.265 e. The molecule has 0 aliphatic heterocycles. The van der Waals surface area contributed by atoms with Gasteiger partial charge in [-0.15, -0.1) is 0 Å². The second-order valence-electron chi connectivity index (χ2n) is 10.4. The van der Waals surface area contributed by atoms with Crippen LogP contribution in [0.5, 0.6) is 0 Å². The van der Waals surface area contributed by atoms with E-state index in [2.05, 4.69) is 30.5 Å². The van der Waals surface area contributed by atoms with Gasteiger partial charge in [-0.05, 0) is 111 Å². The maximum Gasteiger partial charge on any atom is 0.0270 e. The Kier molecular flexibility index (Phi) is 6.56. The van der Waals surface area contributed by atoms with Crippen molar-refractivity contribution in [3.63, 3.8) is 0 Å². The average molecular weight is 367 g/mol. The largest absolute Gasteiger partial charge is 0.265 e. The summed E-state index contributed by atoms with van der Waals surface area (Å²) in [6.45, 7) is 2.32. The second kappa shape index (κ2) is 9.10. The van der Waals surface area contributed by atoms with Gasteiger partial charge in [0, 0.05) is 12.4 Å². The molecule has 1 aromatic rings. The Morgan fingerprint density at radius 1 is 0.963 bits per heavy atom. The summed E-state index contributed by atoms with van der Waals surface area (Å²) < 4.78 is 0. The normalized spacial score (nSPS) is 32.7. The molecule has 5 rings (SSSR count). The van der Waals surface area contributed by atoms with Crippen molar-refractivity contribution >= 4 is 0 Å². The Labute approximate surface area is 167 Å². The third-order valence-corrected chi connectivity index (χ3v) is 8.11. The van der Waals surface area contributed by atoms with Crippen LogP contribution in [0.1, 0.15) is 102 Å². The zero-order valence-corrected chi connectivity index (χ0v) is 17.5. The Bertz CT molecular complexity index is 528. The van der Waals surface area contributed by atoms with E-state index in [1.807, 2.05) is 12.4 Å². The summed E-state index contributed by atoms with van der Waals surface area (Å²) in [6.07, 6.45) is 27.1. The van der Waals surface area contributed by atoms with Crippen LogP contribution >= 0.6 is 0 Å². The molecule has 4 aliphatic carbocycles. The minimum absolute atomic E-state index is 0.757. The van der Waals surface area contributed by atoms with E-state index in [1.165, 1.54) is 56.9 Å². The van der Waals surface area contributed by atoms with Gasteiger partial charge in [0.05, 0.1) is 0 Å². The van der Waals surface area contributed by atoms with Crippen LogP contribution in [0, 0.1) is 35.5 Å². The molecule has 1 atom stereocenters. The van der Waals surface area contributed by atoms with Crippen molar-refractivity contribution in [1.29, 1.82) is 0 Å². The van der Waals surface area contributed by atoms with E-state index >= 15 is 0 Å². The summed E-state index contributed by atoms with van der Waals surface area (Å²) >= 11 is 0. The Hall–Kier alpha value is -0.850. The van der Waals surface area contributed by atoms with E-state index in [0.29, 0.717) is 0 Å². The molecule has 4 aliphatic rings. The molecule has 4 fully saturated rings. The molecule has 27 heavy (non-hydrogen) atoms. The van der Waals surface area contributed by atoms with Crippen molar-refractivity contribution in [2.75, 3.05) is 0 Å². The maximum absolute atomic E-state index is 4.16. The molecule has 1 unspecified atom stereocenters. The van der Waals surface area contributed by atoms with Crippen molar-refractivity contribution < 1.29 is 0 Å². The van der Waals surface area contributed by atoms with Crippen LogP contribution in [0.3, 0.4) is 0 Å². The zero-order valence-electron chi connectivity index (χ0n) is 17.5. The molecule has 1 heterocycles. The van der Waals surface area contributed by atoms with Crippen LogP contribution in [0.25, 0.3) is 0 Å². The van der Waals surface area contributed by atoms with E-state index < -0.39 is 0 Å². The molecule has 1 heteroatoms. The molecule has 0 amide bonds. The highest BCUT2D eigenvalue weighted by Crippen LogP contribution is 2.61. The lowest BCUT2D eigenvalue weighted by Crippen LogP contribution is -2.46. The molecule has 0 spiro atoms. The standard InChI is InChI=1S/C26H40N/c1-2-3-4-5-6-21(7-8-22-10-13-27-14-11-22)9-12-26-18-23-15-24(19-26)17-25(16-23)20-26/h8,10-11,13-14,21,23-25H,2-7,9,12,15-20H2,1H3. The first-order valence-corrected chi connectivity index (χ1v) is 12.0. The van der Waals surface area contributed by atoms with Gasteiger partial charge in [0.1, 0.15) is 0 Å². The van der Waals surface area contributed by atoms with E-state index in [1.54, 1.807) is 38.5 Å². The minimum atomic E-state index is 0.757. The maximum atomic E-state index is 4.16. The summed E-state index contributed by atoms with van der Waals surface area (Å²) in [5, 5.41) is 0. The van der Waals surface area contributed by atoms with Crippen LogP contribution in [-0.4, -0.2) is 4.98 Å². The number of pyridine rings is 1. The SMILES string of the molecule is CCCCCCC(C[CH]c1ccncc1)CCC12CC3CC(CC(C3)C1)C2. The zero-order chi connectivity index (χ0) is 18.5. The van der Waals surface area contributed by atoms with E-state index in [9.17, 15) is 0 Å². The molecular formula is C26H40N. The number of hydrogen-bond acceptors (Lipinski definition) is 1. The highest BCUT2D eigenvalue weighted by Gasteiger charge is 2.50. The van der Waals surface area contributed by atoms with Gasteiger partial charge in [0.25, 0.3) is 0 Å². The predicted molar refractivity (Wildman–Crippen MR) is 114 cm³/mol. The molecule has 1 aromatic heterocycles. The summed E-state index contributed by atoms with van der Waals surface area (Å²) in [5.41, 5.74) is 2.12. The van der Waals surface area contributed by atoms with Crippen molar-refractivity contribution in [3.8, 4) is 0 Å².